The molecule has 1 aliphatic rings. The summed E-state index contributed by atoms with van der Waals surface area (Å²) in [6, 6.07) is 3.66. The van der Waals surface area contributed by atoms with Crippen molar-refractivity contribution in [3.63, 3.8) is 0 Å². The molecule has 1 aliphatic heterocycles. The average Bonchev–Trinajstić information content (AvgIpc) is 2.82. The minimum absolute atomic E-state index is 0.495. The van der Waals surface area contributed by atoms with Crippen LogP contribution in [0, 0.1) is 0 Å². The first-order valence-corrected chi connectivity index (χ1v) is 5.70. The summed E-state index contributed by atoms with van der Waals surface area (Å²) >= 11 is 0. The van der Waals surface area contributed by atoms with E-state index in [1.165, 1.54) is 0 Å². The SMILES string of the molecule is CN(Cc1ccco1)C1(C(=O)O)CCOCC1. The second-order valence-corrected chi connectivity index (χ2v) is 4.38. The molecule has 1 N–H and O–H groups in total. The minimum Gasteiger partial charge on any atom is -0.480 e. The van der Waals surface area contributed by atoms with Crippen molar-refractivity contribution in [2.24, 2.45) is 0 Å². The molecule has 2 heterocycles. The monoisotopic (exact) mass is 239 g/mol. The van der Waals surface area contributed by atoms with Crippen molar-refractivity contribution in [1.82, 2.24) is 4.90 Å². The van der Waals surface area contributed by atoms with Crippen LogP contribution in [0.15, 0.2) is 22.8 Å². The lowest BCUT2D eigenvalue weighted by Gasteiger charge is -2.40. The van der Waals surface area contributed by atoms with E-state index in [0.717, 1.165) is 5.76 Å². The third-order valence-corrected chi connectivity index (χ3v) is 3.42. The highest BCUT2D eigenvalue weighted by Gasteiger charge is 2.44. The fourth-order valence-electron chi connectivity index (χ4n) is 2.26. The molecule has 0 aliphatic carbocycles. The van der Waals surface area contributed by atoms with Crippen LogP contribution in [-0.4, -0.2) is 41.8 Å². The van der Waals surface area contributed by atoms with Crippen LogP contribution in [0.5, 0.6) is 0 Å². The standard InChI is InChI=1S/C12H17NO4/c1-13(9-10-3-2-6-17-10)12(11(14)15)4-7-16-8-5-12/h2-3,6H,4-5,7-9H2,1H3,(H,14,15). The van der Waals surface area contributed by atoms with E-state index in [1.54, 1.807) is 12.3 Å². The third-order valence-electron chi connectivity index (χ3n) is 3.42. The van der Waals surface area contributed by atoms with Crippen LogP contribution >= 0.6 is 0 Å². The van der Waals surface area contributed by atoms with Gasteiger partial charge in [0.25, 0.3) is 0 Å². The lowest BCUT2D eigenvalue weighted by atomic mass is 9.88. The van der Waals surface area contributed by atoms with Crippen molar-refractivity contribution in [3.8, 4) is 0 Å². The second-order valence-electron chi connectivity index (χ2n) is 4.38. The number of nitrogens with zero attached hydrogens (tertiary/aromatic N) is 1. The van der Waals surface area contributed by atoms with Gasteiger partial charge in [-0.1, -0.05) is 0 Å². The number of ether oxygens (including phenoxy) is 1. The Labute approximate surface area is 100.0 Å². The van der Waals surface area contributed by atoms with E-state index in [-0.39, 0.29) is 0 Å². The van der Waals surface area contributed by atoms with Gasteiger partial charge in [0.15, 0.2) is 0 Å². The molecule has 5 heteroatoms. The summed E-state index contributed by atoms with van der Waals surface area (Å²) in [6.07, 6.45) is 2.62. The summed E-state index contributed by atoms with van der Waals surface area (Å²) in [6.45, 7) is 1.49. The molecule has 1 saturated heterocycles. The zero-order valence-electron chi connectivity index (χ0n) is 9.89. The predicted octanol–water partition coefficient (Wildman–Crippen LogP) is 1.35. The van der Waals surface area contributed by atoms with E-state index in [1.807, 2.05) is 18.0 Å². The van der Waals surface area contributed by atoms with E-state index in [4.69, 9.17) is 9.15 Å². The van der Waals surface area contributed by atoms with Crippen LogP contribution in [0.4, 0.5) is 0 Å². The molecule has 0 aromatic carbocycles. The highest BCUT2D eigenvalue weighted by atomic mass is 16.5. The highest BCUT2D eigenvalue weighted by molar-refractivity contribution is 5.78. The number of likely N-dealkylation sites (N-methyl/N-ethyl adjacent to an activating group) is 1. The number of hydrogen-bond donors (Lipinski definition) is 1. The zero-order chi connectivity index (χ0) is 12.3. The first kappa shape index (κ1) is 12.1. The highest BCUT2D eigenvalue weighted by Crippen LogP contribution is 2.28. The number of carboxylic acid groups (broad SMARTS) is 1. The summed E-state index contributed by atoms with van der Waals surface area (Å²) in [5.41, 5.74) is -0.828. The van der Waals surface area contributed by atoms with Crippen LogP contribution in [0.3, 0.4) is 0 Å². The van der Waals surface area contributed by atoms with Crippen molar-refractivity contribution >= 4 is 5.97 Å². The normalized spacial score (nSPS) is 19.4. The van der Waals surface area contributed by atoms with Crippen molar-refractivity contribution < 1.29 is 19.1 Å². The molecule has 1 aromatic heterocycles. The average molecular weight is 239 g/mol. The van der Waals surface area contributed by atoms with Gasteiger partial charge in [0.05, 0.1) is 12.8 Å². The molecule has 17 heavy (non-hydrogen) atoms. The summed E-state index contributed by atoms with van der Waals surface area (Å²) in [7, 11) is 1.82. The fourth-order valence-corrected chi connectivity index (χ4v) is 2.26. The topological polar surface area (TPSA) is 62.9 Å². The molecule has 0 saturated carbocycles. The van der Waals surface area contributed by atoms with E-state index >= 15 is 0 Å². The van der Waals surface area contributed by atoms with Gasteiger partial charge < -0.3 is 14.3 Å². The van der Waals surface area contributed by atoms with Crippen molar-refractivity contribution in [2.75, 3.05) is 20.3 Å². The Morgan fingerprint density at radius 1 is 1.53 bits per heavy atom. The molecular weight excluding hydrogens is 222 g/mol. The number of rotatable bonds is 4. The smallest absolute Gasteiger partial charge is 0.324 e. The maximum atomic E-state index is 11.5. The molecule has 0 bridgehead atoms. The number of aliphatic carboxylic acids is 1. The van der Waals surface area contributed by atoms with Crippen LogP contribution in [0.2, 0.25) is 0 Å². The van der Waals surface area contributed by atoms with Gasteiger partial charge in [0.1, 0.15) is 11.3 Å². The lowest BCUT2D eigenvalue weighted by molar-refractivity contribution is -0.158. The van der Waals surface area contributed by atoms with Gasteiger partial charge in [-0.15, -0.1) is 0 Å². The molecule has 0 atom stereocenters. The summed E-state index contributed by atoms with van der Waals surface area (Å²) in [5, 5.41) is 9.46. The lowest BCUT2D eigenvalue weighted by Crippen LogP contribution is -2.55. The van der Waals surface area contributed by atoms with Gasteiger partial charge in [-0.2, -0.15) is 0 Å². The van der Waals surface area contributed by atoms with Gasteiger partial charge in [0, 0.05) is 13.2 Å². The first-order chi connectivity index (χ1) is 8.15. The van der Waals surface area contributed by atoms with Crippen LogP contribution in [0.25, 0.3) is 0 Å². The zero-order valence-corrected chi connectivity index (χ0v) is 9.89. The Balaban J connectivity index is 2.12. The van der Waals surface area contributed by atoms with Gasteiger partial charge >= 0.3 is 5.97 Å². The Morgan fingerprint density at radius 2 is 2.24 bits per heavy atom. The van der Waals surface area contributed by atoms with Gasteiger partial charge in [-0.25, -0.2) is 0 Å². The van der Waals surface area contributed by atoms with Crippen molar-refractivity contribution in [3.05, 3.63) is 24.2 Å². The molecule has 1 fully saturated rings. The largest absolute Gasteiger partial charge is 0.480 e. The van der Waals surface area contributed by atoms with Gasteiger partial charge in [-0.05, 0) is 32.0 Å². The number of carboxylic acids is 1. The maximum absolute atomic E-state index is 11.5. The van der Waals surface area contributed by atoms with Gasteiger partial charge in [-0.3, -0.25) is 9.69 Å². The van der Waals surface area contributed by atoms with Crippen LogP contribution < -0.4 is 0 Å². The summed E-state index contributed by atoms with van der Waals surface area (Å²) in [4.78, 5) is 13.4. The van der Waals surface area contributed by atoms with E-state index in [2.05, 4.69) is 0 Å². The Bertz CT molecular complexity index is 368. The van der Waals surface area contributed by atoms with Crippen molar-refractivity contribution in [1.29, 1.82) is 0 Å². The van der Waals surface area contributed by atoms with E-state index < -0.39 is 11.5 Å². The number of carbonyl (C=O) groups is 1. The van der Waals surface area contributed by atoms with Crippen molar-refractivity contribution in [2.45, 2.75) is 24.9 Å². The molecule has 0 unspecified atom stereocenters. The number of hydrogen-bond acceptors (Lipinski definition) is 4. The molecule has 0 amide bonds. The Hall–Kier alpha value is -1.33. The minimum atomic E-state index is -0.828. The molecule has 94 valence electrons. The summed E-state index contributed by atoms with van der Waals surface area (Å²) < 4.78 is 10.5. The second kappa shape index (κ2) is 4.89. The predicted molar refractivity (Wildman–Crippen MR) is 60.6 cm³/mol. The van der Waals surface area contributed by atoms with Crippen LogP contribution in [0.1, 0.15) is 18.6 Å². The first-order valence-electron chi connectivity index (χ1n) is 5.70. The maximum Gasteiger partial charge on any atom is 0.324 e. The molecule has 1 aromatic rings. The van der Waals surface area contributed by atoms with Gasteiger partial charge in [0.2, 0.25) is 0 Å². The number of furan rings is 1. The Kier molecular flexibility index (Phi) is 3.49. The molecule has 0 radical (unpaired) electrons. The summed E-state index contributed by atoms with van der Waals surface area (Å²) in [5.74, 6) is -0.00512. The molecule has 5 nitrogen and oxygen atoms in total. The quantitative estimate of drug-likeness (QED) is 0.859. The van der Waals surface area contributed by atoms with Crippen LogP contribution in [-0.2, 0) is 16.1 Å². The Morgan fingerprint density at radius 3 is 2.76 bits per heavy atom. The van der Waals surface area contributed by atoms with E-state index in [9.17, 15) is 9.90 Å². The molecular formula is C12H17NO4. The third kappa shape index (κ3) is 2.35. The molecule has 2 rings (SSSR count). The fraction of sp³-hybridized carbons (Fsp3) is 0.583. The molecule has 0 spiro atoms. The van der Waals surface area contributed by atoms with E-state index in [0.29, 0.717) is 32.6 Å².